The van der Waals surface area contributed by atoms with Gasteiger partial charge in [0.2, 0.25) is 0 Å². The van der Waals surface area contributed by atoms with Crippen molar-refractivity contribution in [2.24, 2.45) is 0 Å². The summed E-state index contributed by atoms with van der Waals surface area (Å²) in [4.78, 5) is 16.6. The van der Waals surface area contributed by atoms with Gasteiger partial charge in [0, 0.05) is 28.2 Å². The minimum absolute atomic E-state index is 0.0939. The van der Waals surface area contributed by atoms with Gasteiger partial charge in [0.15, 0.2) is 0 Å². The molecule has 184 valence electrons. The molecular formula is C31H32N2O3. The quantitative estimate of drug-likeness (QED) is 0.314. The monoisotopic (exact) mass is 480 g/mol. The van der Waals surface area contributed by atoms with Gasteiger partial charge in [-0.05, 0) is 75.6 Å². The van der Waals surface area contributed by atoms with Crippen LogP contribution in [0, 0.1) is 25.7 Å². The van der Waals surface area contributed by atoms with Crippen LogP contribution in [-0.4, -0.2) is 34.8 Å². The predicted octanol–water partition coefficient (Wildman–Crippen LogP) is 5.31. The largest absolute Gasteiger partial charge is 0.490 e. The Hall–Kier alpha value is -4.01. The Bertz CT molecular complexity index is 1440. The van der Waals surface area contributed by atoms with Crippen molar-refractivity contribution in [3.05, 3.63) is 100 Å². The van der Waals surface area contributed by atoms with Gasteiger partial charge in [0.05, 0.1) is 24.3 Å². The molecule has 0 bridgehead atoms. The number of aliphatic hydroxyl groups is 1. The average molecular weight is 481 g/mol. The first-order valence-corrected chi connectivity index (χ1v) is 12.2. The average Bonchev–Trinajstić information content (AvgIpc) is 3.26. The number of amides is 1. The summed E-state index contributed by atoms with van der Waals surface area (Å²) in [6, 6.07) is 19.1. The summed E-state index contributed by atoms with van der Waals surface area (Å²) in [5, 5.41) is 14.1. The summed E-state index contributed by atoms with van der Waals surface area (Å²) < 4.78 is 5.92. The molecule has 4 aromatic rings. The van der Waals surface area contributed by atoms with E-state index in [9.17, 15) is 9.90 Å². The van der Waals surface area contributed by atoms with E-state index in [1.165, 1.54) is 5.56 Å². The zero-order valence-electron chi connectivity index (χ0n) is 21.2. The van der Waals surface area contributed by atoms with E-state index < -0.39 is 6.04 Å². The molecule has 0 aliphatic heterocycles. The first-order chi connectivity index (χ1) is 17.3. The lowest BCUT2D eigenvalue weighted by molar-refractivity contribution is 0.0910. The van der Waals surface area contributed by atoms with Crippen LogP contribution in [0.25, 0.3) is 10.9 Å². The highest BCUT2D eigenvalue weighted by molar-refractivity contribution is 5.97. The molecule has 1 atom stereocenters. The second-order valence-electron chi connectivity index (χ2n) is 9.36. The molecule has 1 amide bonds. The Morgan fingerprint density at radius 1 is 1.06 bits per heavy atom. The molecule has 1 heterocycles. The van der Waals surface area contributed by atoms with Crippen molar-refractivity contribution < 1.29 is 14.6 Å². The Labute approximate surface area is 212 Å². The molecular weight excluding hydrogens is 448 g/mol. The SMILES string of the molecule is Cc1ccc(C#Cc2ccc(OC(C)C)c(C(=O)N[C@@H](CO)Cc3c[nH]c4ccccc34)c2)c(C)c1. The fourth-order valence-electron chi connectivity index (χ4n) is 4.23. The molecule has 0 aliphatic carbocycles. The Balaban J connectivity index is 1.59. The van der Waals surface area contributed by atoms with Gasteiger partial charge in [-0.25, -0.2) is 0 Å². The lowest BCUT2D eigenvalue weighted by Crippen LogP contribution is -2.39. The van der Waals surface area contributed by atoms with Gasteiger partial charge in [-0.15, -0.1) is 0 Å². The predicted molar refractivity (Wildman–Crippen MR) is 144 cm³/mol. The van der Waals surface area contributed by atoms with Crippen molar-refractivity contribution in [1.29, 1.82) is 0 Å². The number of carbonyl (C=O) groups excluding carboxylic acids is 1. The maximum absolute atomic E-state index is 13.4. The van der Waals surface area contributed by atoms with E-state index in [0.29, 0.717) is 23.3 Å². The van der Waals surface area contributed by atoms with Gasteiger partial charge in [-0.1, -0.05) is 47.7 Å². The Morgan fingerprint density at radius 3 is 2.61 bits per heavy atom. The van der Waals surface area contributed by atoms with Crippen LogP contribution in [0.1, 0.15) is 52.0 Å². The lowest BCUT2D eigenvalue weighted by Gasteiger charge is -2.19. The number of benzene rings is 3. The van der Waals surface area contributed by atoms with Crippen molar-refractivity contribution in [2.45, 2.75) is 46.3 Å². The minimum Gasteiger partial charge on any atom is -0.490 e. The van der Waals surface area contributed by atoms with Gasteiger partial charge >= 0.3 is 0 Å². The van der Waals surface area contributed by atoms with Crippen LogP contribution in [0.5, 0.6) is 5.75 Å². The van der Waals surface area contributed by atoms with Crippen molar-refractivity contribution in [2.75, 3.05) is 6.61 Å². The van der Waals surface area contributed by atoms with E-state index in [4.69, 9.17) is 4.74 Å². The van der Waals surface area contributed by atoms with E-state index >= 15 is 0 Å². The minimum atomic E-state index is -0.450. The highest BCUT2D eigenvalue weighted by atomic mass is 16.5. The molecule has 4 rings (SSSR count). The summed E-state index contributed by atoms with van der Waals surface area (Å²) >= 11 is 0. The summed E-state index contributed by atoms with van der Waals surface area (Å²) in [6.07, 6.45) is 2.33. The van der Waals surface area contributed by atoms with Gasteiger partial charge < -0.3 is 20.1 Å². The van der Waals surface area contributed by atoms with Crippen LogP contribution in [-0.2, 0) is 6.42 Å². The highest BCUT2D eigenvalue weighted by Crippen LogP contribution is 2.23. The number of aliphatic hydroxyl groups excluding tert-OH is 1. The third-order valence-corrected chi connectivity index (χ3v) is 6.01. The third-order valence-electron chi connectivity index (χ3n) is 6.01. The maximum atomic E-state index is 13.4. The third kappa shape index (κ3) is 5.97. The molecule has 0 fully saturated rings. The van der Waals surface area contributed by atoms with Crippen LogP contribution in [0.4, 0.5) is 0 Å². The number of aromatic amines is 1. The number of hydrogen-bond acceptors (Lipinski definition) is 3. The zero-order valence-corrected chi connectivity index (χ0v) is 21.2. The number of H-pyrrole nitrogens is 1. The second kappa shape index (κ2) is 11.2. The number of nitrogens with one attached hydrogen (secondary N) is 2. The smallest absolute Gasteiger partial charge is 0.255 e. The summed E-state index contributed by atoms with van der Waals surface area (Å²) in [5.74, 6) is 6.58. The van der Waals surface area contributed by atoms with E-state index in [-0.39, 0.29) is 18.6 Å². The molecule has 0 spiro atoms. The van der Waals surface area contributed by atoms with Crippen LogP contribution < -0.4 is 10.1 Å². The Kier molecular flexibility index (Phi) is 7.77. The molecule has 0 aliphatic rings. The van der Waals surface area contributed by atoms with E-state index in [1.54, 1.807) is 12.1 Å². The molecule has 0 saturated carbocycles. The standard InChI is InChI=1S/C31H32N2O3/c1-20(2)36-30-14-11-23(10-13-24-12-9-21(3)15-22(24)4)16-28(30)31(35)33-26(19-34)17-25-18-32-29-8-6-5-7-27(25)29/h5-9,11-12,14-16,18,20,26,32,34H,17,19H2,1-4H3,(H,33,35)/t26-/m1/s1. The van der Waals surface area contributed by atoms with Crippen LogP contribution in [0.3, 0.4) is 0 Å². The van der Waals surface area contributed by atoms with Gasteiger partial charge in [-0.2, -0.15) is 0 Å². The summed E-state index contributed by atoms with van der Waals surface area (Å²) in [5.41, 5.74) is 6.44. The van der Waals surface area contributed by atoms with E-state index in [0.717, 1.165) is 27.6 Å². The summed E-state index contributed by atoms with van der Waals surface area (Å²) in [7, 11) is 0. The number of aryl methyl sites for hydroxylation is 2. The second-order valence-corrected chi connectivity index (χ2v) is 9.36. The molecule has 0 radical (unpaired) electrons. The summed E-state index contributed by atoms with van der Waals surface area (Å²) in [6.45, 7) is 7.75. The van der Waals surface area contributed by atoms with Crippen molar-refractivity contribution >= 4 is 16.8 Å². The first kappa shape index (κ1) is 25.1. The van der Waals surface area contributed by atoms with Crippen LogP contribution in [0.2, 0.25) is 0 Å². The number of para-hydroxylation sites is 1. The lowest BCUT2D eigenvalue weighted by atomic mass is 10.0. The van der Waals surface area contributed by atoms with Gasteiger partial charge in [-0.3, -0.25) is 4.79 Å². The molecule has 5 nitrogen and oxygen atoms in total. The molecule has 5 heteroatoms. The topological polar surface area (TPSA) is 74.3 Å². The number of rotatable bonds is 7. The molecule has 3 aromatic carbocycles. The normalized spacial score (nSPS) is 11.7. The van der Waals surface area contributed by atoms with Crippen molar-refractivity contribution in [3.63, 3.8) is 0 Å². The van der Waals surface area contributed by atoms with Crippen molar-refractivity contribution in [3.8, 4) is 17.6 Å². The fraction of sp³-hybridized carbons (Fsp3) is 0.258. The number of ether oxygens (including phenoxy) is 1. The number of hydrogen-bond donors (Lipinski definition) is 3. The number of fused-ring (bicyclic) bond motifs is 1. The molecule has 0 unspecified atom stereocenters. The van der Waals surface area contributed by atoms with E-state index in [2.05, 4.69) is 35.1 Å². The van der Waals surface area contributed by atoms with Crippen LogP contribution >= 0.6 is 0 Å². The number of carbonyl (C=O) groups is 1. The molecule has 1 aromatic heterocycles. The number of aromatic nitrogens is 1. The molecule has 0 saturated heterocycles. The maximum Gasteiger partial charge on any atom is 0.255 e. The first-order valence-electron chi connectivity index (χ1n) is 12.2. The fourth-order valence-corrected chi connectivity index (χ4v) is 4.23. The van der Waals surface area contributed by atoms with Gasteiger partial charge in [0.1, 0.15) is 5.75 Å². The Morgan fingerprint density at radius 2 is 1.86 bits per heavy atom. The van der Waals surface area contributed by atoms with Crippen LogP contribution in [0.15, 0.2) is 66.9 Å². The van der Waals surface area contributed by atoms with Gasteiger partial charge in [0.25, 0.3) is 5.91 Å². The molecule has 3 N–H and O–H groups in total. The van der Waals surface area contributed by atoms with E-state index in [1.807, 2.05) is 69.4 Å². The zero-order chi connectivity index (χ0) is 25.7. The highest BCUT2D eigenvalue weighted by Gasteiger charge is 2.19. The molecule has 36 heavy (non-hydrogen) atoms. The van der Waals surface area contributed by atoms with Crippen molar-refractivity contribution in [1.82, 2.24) is 10.3 Å².